The van der Waals surface area contributed by atoms with Gasteiger partial charge < -0.3 is 5.32 Å². The molecule has 0 saturated carbocycles. The lowest BCUT2D eigenvalue weighted by atomic mass is 10.4. The highest BCUT2D eigenvalue weighted by Crippen LogP contribution is 2.11. The van der Waals surface area contributed by atoms with Crippen molar-refractivity contribution in [3.8, 4) is 0 Å². The van der Waals surface area contributed by atoms with Crippen molar-refractivity contribution in [1.29, 1.82) is 0 Å². The third-order valence-electron chi connectivity index (χ3n) is 1.43. The molecule has 1 atom stereocenters. The molecule has 1 fully saturated rings. The molecule has 1 aliphatic rings. The second kappa shape index (κ2) is 3.39. The van der Waals surface area contributed by atoms with Crippen LogP contribution in [-0.4, -0.2) is 37.5 Å². The summed E-state index contributed by atoms with van der Waals surface area (Å²) in [7, 11) is 1.00. The maximum absolute atomic E-state index is 3.31. The Morgan fingerprint density at radius 2 is 2.00 bits per heavy atom. The topological polar surface area (TPSA) is 15.3 Å². The van der Waals surface area contributed by atoms with Crippen molar-refractivity contribution in [2.75, 3.05) is 32.8 Å². The summed E-state index contributed by atoms with van der Waals surface area (Å²) in [6.07, 6.45) is 0. The Bertz CT molecular complexity index is 61.4. The van der Waals surface area contributed by atoms with E-state index in [2.05, 4.69) is 16.7 Å². The van der Waals surface area contributed by atoms with E-state index in [1.165, 1.54) is 26.2 Å². The fourth-order valence-electron chi connectivity index (χ4n) is 0.888. The Labute approximate surface area is 52.5 Å². The molecule has 3 heteroatoms. The van der Waals surface area contributed by atoms with Gasteiger partial charge in [-0.2, -0.15) is 0 Å². The summed E-state index contributed by atoms with van der Waals surface area (Å²) in [6.45, 7) is 7.09. The van der Waals surface area contributed by atoms with Crippen LogP contribution in [0.25, 0.3) is 0 Å². The molecule has 8 heavy (non-hydrogen) atoms. The van der Waals surface area contributed by atoms with Crippen LogP contribution >= 0.6 is 8.73 Å². The van der Waals surface area contributed by atoms with Crippen LogP contribution in [-0.2, 0) is 0 Å². The Kier molecular flexibility index (Phi) is 2.74. The molecule has 1 aliphatic heterocycles. The predicted molar refractivity (Wildman–Crippen MR) is 38.7 cm³/mol. The average Bonchev–Trinajstić information content (AvgIpc) is 1.90. The van der Waals surface area contributed by atoms with Gasteiger partial charge in [-0.1, -0.05) is 8.73 Å². The van der Waals surface area contributed by atoms with Crippen LogP contribution in [0.15, 0.2) is 0 Å². The van der Waals surface area contributed by atoms with Crippen LogP contribution in [0.3, 0.4) is 0 Å². The van der Waals surface area contributed by atoms with Crippen LogP contribution < -0.4 is 5.32 Å². The molecule has 1 unspecified atom stereocenters. The zero-order valence-corrected chi connectivity index (χ0v) is 6.28. The first-order valence-electron chi connectivity index (χ1n) is 3.06. The van der Waals surface area contributed by atoms with Gasteiger partial charge >= 0.3 is 0 Å². The number of nitrogens with zero attached hydrogens (tertiary/aromatic N) is 1. The van der Waals surface area contributed by atoms with E-state index in [-0.39, 0.29) is 0 Å². The van der Waals surface area contributed by atoms with Gasteiger partial charge in [0.2, 0.25) is 0 Å². The van der Waals surface area contributed by atoms with Crippen LogP contribution in [0.5, 0.6) is 0 Å². The Balaban J connectivity index is 2.13. The van der Waals surface area contributed by atoms with E-state index in [9.17, 15) is 0 Å². The van der Waals surface area contributed by atoms with Gasteiger partial charge in [0.1, 0.15) is 0 Å². The van der Waals surface area contributed by atoms with E-state index in [1.807, 2.05) is 0 Å². The number of nitrogens with one attached hydrogen (secondary N) is 1. The summed E-state index contributed by atoms with van der Waals surface area (Å²) >= 11 is 0. The molecule has 2 nitrogen and oxygen atoms in total. The maximum Gasteiger partial charge on any atom is 0.0145 e. The van der Waals surface area contributed by atoms with Crippen molar-refractivity contribution in [2.45, 2.75) is 0 Å². The molecule has 0 aromatic rings. The standard InChI is InChI=1S/C5H13N2P/c1-8-7-4-2-6-3-5-7/h6,8H,2-5H2,1H3. The molecule has 0 aromatic heterocycles. The lowest BCUT2D eigenvalue weighted by Gasteiger charge is -2.24. The number of hydrogen-bond donors (Lipinski definition) is 1. The van der Waals surface area contributed by atoms with Crippen molar-refractivity contribution in [2.24, 2.45) is 0 Å². The quantitative estimate of drug-likeness (QED) is 0.509. The molecule has 0 amide bonds. The zero-order chi connectivity index (χ0) is 5.82. The molecule has 1 rings (SSSR count). The molecule has 0 radical (unpaired) electrons. The minimum Gasteiger partial charge on any atom is -0.314 e. The summed E-state index contributed by atoms with van der Waals surface area (Å²) in [5.41, 5.74) is 0. The van der Waals surface area contributed by atoms with E-state index in [1.54, 1.807) is 0 Å². The summed E-state index contributed by atoms with van der Waals surface area (Å²) in [4.78, 5) is 0. The Hall–Kier alpha value is 0.350. The SMILES string of the molecule is CPN1CCNCC1. The molecular formula is C5H13N2P. The number of hydrogen-bond acceptors (Lipinski definition) is 2. The number of rotatable bonds is 1. The first kappa shape index (κ1) is 6.47. The smallest absolute Gasteiger partial charge is 0.0145 e. The highest BCUT2D eigenvalue weighted by Gasteiger charge is 2.04. The summed E-state index contributed by atoms with van der Waals surface area (Å²) < 4.78 is 2.48. The van der Waals surface area contributed by atoms with Crippen molar-refractivity contribution in [3.05, 3.63) is 0 Å². The lowest BCUT2D eigenvalue weighted by Crippen LogP contribution is -2.38. The van der Waals surface area contributed by atoms with Crippen molar-refractivity contribution < 1.29 is 0 Å². The summed E-state index contributed by atoms with van der Waals surface area (Å²) in [6, 6.07) is 0. The zero-order valence-electron chi connectivity index (χ0n) is 5.28. The normalized spacial score (nSPS) is 25.1. The third-order valence-corrected chi connectivity index (χ3v) is 2.51. The Morgan fingerprint density at radius 1 is 1.38 bits per heavy atom. The Morgan fingerprint density at radius 3 is 2.38 bits per heavy atom. The van der Waals surface area contributed by atoms with Gasteiger partial charge in [-0.3, -0.25) is 4.67 Å². The first-order chi connectivity index (χ1) is 3.93. The van der Waals surface area contributed by atoms with Crippen molar-refractivity contribution >= 4 is 8.73 Å². The summed E-state index contributed by atoms with van der Waals surface area (Å²) in [5, 5.41) is 3.31. The van der Waals surface area contributed by atoms with Gasteiger partial charge in [0, 0.05) is 26.2 Å². The second-order valence-corrected chi connectivity index (χ2v) is 3.04. The van der Waals surface area contributed by atoms with Gasteiger partial charge in [0.25, 0.3) is 0 Å². The third kappa shape index (κ3) is 1.70. The van der Waals surface area contributed by atoms with Gasteiger partial charge in [-0.15, -0.1) is 0 Å². The predicted octanol–water partition coefficient (Wildman–Crippen LogP) is 0.115. The molecule has 0 aromatic carbocycles. The van der Waals surface area contributed by atoms with Gasteiger partial charge in [-0.05, 0) is 6.66 Å². The van der Waals surface area contributed by atoms with Gasteiger partial charge in [0.05, 0.1) is 0 Å². The molecular weight excluding hydrogens is 119 g/mol. The highest BCUT2D eigenvalue weighted by atomic mass is 31.1. The van der Waals surface area contributed by atoms with Crippen LogP contribution in [0.2, 0.25) is 0 Å². The molecule has 1 saturated heterocycles. The van der Waals surface area contributed by atoms with Crippen LogP contribution in [0, 0.1) is 0 Å². The lowest BCUT2D eigenvalue weighted by molar-refractivity contribution is 0.391. The first-order valence-corrected chi connectivity index (χ1v) is 4.51. The minimum atomic E-state index is 1.00. The van der Waals surface area contributed by atoms with Crippen molar-refractivity contribution in [3.63, 3.8) is 0 Å². The molecule has 1 N–H and O–H groups in total. The highest BCUT2D eigenvalue weighted by molar-refractivity contribution is 7.34. The van der Waals surface area contributed by atoms with Gasteiger partial charge in [0.15, 0.2) is 0 Å². The van der Waals surface area contributed by atoms with Crippen LogP contribution in [0.1, 0.15) is 0 Å². The second-order valence-electron chi connectivity index (χ2n) is 1.96. The summed E-state index contributed by atoms with van der Waals surface area (Å²) in [5.74, 6) is 0. The van der Waals surface area contributed by atoms with E-state index < -0.39 is 0 Å². The maximum atomic E-state index is 3.31. The van der Waals surface area contributed by atoms with Crippen LogP contribution in [0.4, 0.5) is 0 Å². The fraction of sp³-hybridized carbons (Fsp3) is 1.00. The van der Waals surface area contributed by atoms with E-state index >= 15 is 0 Å². The van der Waals surface area contributed by atoms with E-state index in [0.717, 1.165) is 8.73 Å². The van der Waals surface area contributed by atoms with Crippen molar-refractivity contribution in [1.82, 2.24) is 9.99 Å². The fourth-order valence-corrected chi connectivity index (χ4v) is 1.56. The average molecular weight is 132 g/mol. The minimum absolute atomic E-state index is 1.00. The molecule has 1 heterocycles. The number of piperazine rings is 1. The molecule has 0 aliphatic carbocycles. The monoisotopic (exact) mass is 132 g/mol. The molecule has 48 valence electrons. The largest absolute Gasteiger partial charge is 0.314 e. The molecule has 0 bridgehead atoms. The van der Waals surface area contributed by atoms with Gasteiger partial charge in [-0.25, -0.2) is 0 Å². The molecule has 0 spiro atoms. The van der Waals surface area contributed by atoms with E-state index in [4.69, 9.17) is 0 Å². The van der Waals surface area contributed by atoms with E-state index in [0.29, 0.717) is 0 Å².